The van der Waals surface area contributed by atoms with E-state index in [-0.39, 0.29) is 41.7 Å². The Bertz CT molecular complexity index is 767. The summed E-state index contributed by atoms with van der Waals surface area (Å²) in [6.45, 7) is 0.423. The Hall–Kier alpha value is -1.64. The van der Waals surface area contributed by atoms with E-state index in [1.54, 1.807) is 0 Å². The number of nitro benzene ring substituents is 1. The van der Waals surface area contributed by atoms with Crippen LogP contribution in [-0.2, 0) is 11.3 Å². The van der Waals surface area contributed by atoms with Crippen molar-refractivity contribution in [1.29, 1.82) is 0 Å². The van der Waals surface area contributed by atoms with Crippen LogP contribution in [-0.4, -0.2) is 50.1 Å². The van der Waals surface area contributed by atoms with Gasteiger partial charge in [0.1, 0.15) is 0 Å². The summed E-state index contributed by atoms with van der Waals surface area (Å²) in [5, 5.41) is 19.4. The molecule has 0 aliphatic heterocycles. The molecule has 0 aliphatic carbocycles. The molecule has 0 saturated carbocycles. The van der Waals surface area contributed by atoms with E-state index in [0.29, 0.717) is 24.1 Å². The van der Waals surface area contributed by atoms with Gasteiger partial charge in [0, 0.05) is 25.1 Å². The molecule has 126 valence electrons. The van der Waals surface area contributed by atoms with Crippen LogP contribution in [0.5, 0.6) is 0 Å². The number of hydrogen-bond acceptors (Lipinski definition) is 5. The van der Waals surface area contributed by atoms with Crippen LogP contribution in [0.2, 0.25) is 0 Å². The molecule has 8 nitrogen and oxygen atoms in total. The third kappa shape index (κ3) is 5.47. The van der Waals surface area contributed by atoms with Crippen molar-refractivity contribution in [3.63, 3.8) is 0 Å². The van der Waals surface area contributed by atoms with Gasteiger partial charge in [-0.05, 0) is 18.9 Å². The number of carboxylic acids is 1. The number of unbranched alkanes of at least 4 members (excludes halogenated alkanes) is 4. The van der Waals surface area contributed by atoms with Crippen LogP contribution < -0.4 is 5.76 Å². The van der Waals surface area contributed by atoms with Crippen molar-refractivity contribution in [2.24, 2.45) is 0 Å². The van der Waals surface area contributed by atoms with E-state index in [4.69, 9.17) is 9.52 Å². The molecule has 0 fully saturated rings. The summed E-state index contributed by atoms with van der Waals surface area (Å²) in [6, 6.07) is 4.07. The summed E-state index contributed by atoms with van der Waals surface area (Å²) >= 11 is 0. The van der Waals surface area contributed by atoms with E-state index in [1.165, 1.54) is 22.8 Å². The average Bonchev–Trinajstić information content (AvgIpc) is 2.81. The number of nitrogens with zero attached hydrogens (tertiary/aromatic N) is 2. The number of oxazole rings is 1. The first-order chi connectivity index (χ1) is 11.0. The van der Waals surface area contributed by atoms with Gasteiger partial charge in [-0.2, -0.15) is 0 Å². The maximum atomic E-state index is 11.8. The van der Waals surface area contributed by atoms with Crippen LogP contribution in [0, 0.1) is 10.1 Å². The molecule has 0 spiro atoms. The number of benzene rings is 1. The predicted molar refractivity (Wildman–Crippen MR) is 89.6 cm³/mol. The van der Waals surface area contributed by atoms with Crippen LogP contribution in [0.4, 0.5) is 5.69 Å². The van der Waals surface area contributed by atoms with Crippen LogP contribution in [0.25, 0.3) is 11.1 Å². The minimum atomic E-state index is -0.789. The first kappa shape index (κ1) is 20.4. The second-order valence-electron chi connectivity index (χ2n) is 5.34. The number of carbonyl (C=O) groups is 1. The molecule has 0 atom stereocenters. The molecule has 1 heterocycles. The van der Waals surface area contributed by atoms with Crippen molar-refractivity contribution in [2.75, 3.05) is 0 Å². The third-order valence-corrected chi connectivity index (χ3v) is 3.63. The summed E-state index contributed by atoms with van der Waals surface area (Å²) < 4.78 is 6.48. The number of fused-ring (bicyclic) bond motifs is 1. The molecule has 2 rings (SSSR count). The van der Waals surface area contributed by atoms with Crippen molar-refractivity contribution in [1.82, 2.24) is 4.57 Å². The summed E-state index contributed by atoms with van der Waals surface area (Å²) in [5.41, 5.74) is 0.679. The number of non-ortho nitro benzene ring substituents is 1. The number of aryl methyl sites for hydroxylation is 1. The van der Waals surface area contributed by atoms with Crippen LogP contribution in [0.1, 0.15) is 38.5 Å². The van der Waals surface area contributed by atoms with Gasteiger partial charge >= 0.3 is 41.3 Å². The first-order valence-electron chi connectivity index (χ1n) is 7.48. The molecule has 0 amide bonds. The predicted octanol–water partition coefficient (Wildman–Crippen LogP) is 2.28. The van der Waals surface area contributed by atoms with Gasteiger partial charge < -0.3 is 9.52 Å². The number of carboxylic acid groups (broad SMARTS) is 1. The molecule has 0 unspecified atom stereocenters. The Morgan fingerprint density at radius 2 is 1.88 bits per heavy atom. The molecule has 1 aromatic heterocycles. The Labute approximate surface area is 159 Å². The first-order valence-corrected chi connectivity index (χ1v) is 7.48. The molecule has 24 heavy (non-hydrogen) atoms. The van der Waals surface area contributed by atoms with E-state index in [0.717, 1.165) is 25.7 Å². The minimum absolute atomic E-state index is 0. The summed E-state index contributed by atoms with van der Waals surface area (Å²) in [5.74, 6) is -1.31. The van der Waals surface area contributed by atoms with Gasteiger partial charge in [-0.1, -0.05) is 19.3 Å². The van der Waals surface area contributed by atoms with E-state index < -0.39 is 16.6 Å². The van der Waals surface area contributed by atoms with Gasteiger partial charge in [-0.3, -0.25) is 19.5 Å². The summed E-state index contributed by atoms with van der Waals surface area (Å²) in [4.78, 5) is 32.5. The molecular weight excluding hydrogens is 327 g/mol. The molecule has 1 aromatic carbocycles. The van der Waals surface area contributed by atoms with Gasteiger partial charge in [0.2, 0.25) is 0 Å². The number of aliphatic carboxylic acids is 1. The van der Waals surface area contributed by atoms with Crippen molar-refractivity contribution >= 4 is 52.3 Å². The van der Waals surface area contributed by atoms with Crippen molar-refractivity contribution < 1.29 is 19.2 Å². The third-order valence-electron chi connectivity index (χ3n) is 3.63. The number of nitro groups is 1. The standard InChI is InChI=1S/C15H18N2O6.Na.H/c18-14(19)6-4-2-1-3-5-9-16-12-10-11(17(21)22)7-8-13(12)23-15(16)20;;/h7-8,10H,1-6,9H2,(H,18,19);;. The number of hydrogen-bond donors (Lipinski definition) is 1. The van der Waals surface area contributed by atoms with Crippen molar-refractivity contribution in [3.05, 3.63) is 38.9 Å². The zero-order valence-electron chi connectivity index (χ0n) is 12.6. The Kier molecular flexibility index (Phi) is 8.17. The van der Waals surface area contributed by atoms with E-state index in [9.17, 15) is 19.7 Å². The molecule has 9 heteroatoms. The molecule has 1 N–H and O–H groups in total. The topological polar surface area (TPSA) is 116 Å². The Morgan fingerprint density at radius 3 is 2.54 bits per heavy atom. The second kappa shape index (κ2) is 9.61. The number of rotatable bonds is 9. The maximum absolute atomic E-state index is 11.8. The van der Waals surface area contributed by atoms with E-state index in [2.05, 4.69) is 0 Å². The van der Waals surface area contributed by atoms with Gasteiger partial charge in [0.05, 0.1) is 10.4 Å². The SMILES string of the molecule is O=C(O)CCCCCCCn1c(=O)oc2ccc([N+](=O)[O-])cc21.[NaH]. The van der Waals surface area contributed by atoms with Crippen LogP contribution >= 0.6 is 0 Å². The summed E-state index contributed by atoms with van der Waals surface area (Å²) in [7, 11) is 0. The quantitative estimate of drug-likeness (QED) is 0.322. The molecule has 0 radical (unpaired) electrons. The zero-order chi connectivity index (χ0) is 16.8. The van der Waals surface area contributed by atoms with Crippen LogP contribution in [0.15, 0.2) is 27.4 Å². The van der Waals surface area contributed by atoms with Gasteiger partial charge in [0.15, 0.2) is 5.58 Å². The van der Waals surface area contributed by atoms with E-state index >= 15 is 0 Å². The van der Waals surface area contributed by atoms with Crippen molar-refractivity contribution in [3.8, 4) is 0 Å². The van der Waals surface area contributed by atoms with Gasteiger partial charge in [0.25, 0.3) is 5.69 Å². The molecular formula is C15H19N2NaO6. The average molecular weight is 346 g/mol. The normalized spacial score (nSPS) is 10.5. The molecule has 0 saturated heterocycles. The second-order valence-corrected chi connectivity index (χ2v) is 5.34. The molecule has 0 bridgehead atoms. The fraction of sp³-hybridized carbons (Fsp3) is 0.467. The Balaban J connectivity index is 0.00000288. The monoisotopic (exact) mass is 346 g/mol. The fourth-order valence-corrected chi connectivity index (χ4v) is 2.45. The molecule has 0 aliphatic rings. The molecule has 2 aromatic rings. The summed E-state index contributed by atoms with van der Waals surface area (Å²) in [6.07, 6.45) is 4.13. The van der Waals surface area contributed by atoms with Crippen molar-refractivity contribution in [2.45, 2.75) is 45.1 Å². The fourth-order valence-electron chi connectivity index (χ4n) is 2.45. The van der Waals surface area contributed by atoms with Gasteiger partial charge in [-0.15, -0.1) is 0 Å². The zero-order valence-corrected chi connectivity index (χ0v) is 12.6. The Morgan fingerprint density at radius 1 is 1.21 bits per heavy atom. The van der Waals surface area contributed by atoms with E-state index in [1.807, 2.05) is 0 Å². The van der Waals surface area contributed by atoms with Gasteiger partial charge in [-0.25, -0.2) is 4.79 Å². The van der Waals surface area contributed by atoms with Crippen LogP contribution in [0.3, 0.4) is 0 Å². The number of aromatic nitrogens is 1.